The van der Waals surface area contributed by atoms with Gasteiger partial charge in [-0.2, -0.15) is 4.98 Å². The van der Waals surface area contributed by atoms with Crippen molar-refractivity contribution in [3.63, 3.8) is 0 Å². The summed E-state index contributed by atoms with van der Waals surface area (Å²) in [5.41, 5.74) is 10.6. The molecule has 1 aromatic rings. The van der Waals surface area contributed by atoms with Crippen LogP contribution in [0.1, 0.15) is 6.92 Å². The van der Waals surface area contributed by atoms with Crippen LogP contribution < -0.4 is 17.0 Å². The van der Waals surface area contributed by atoms with Crippen LogP contribution in [0.2, 0.25) is 0 Å². The fraction of sp³-hybridized carbons (Fsp3) is 0.500. The minimum Gasteiger partial charge on any atom is -0.383 e. The van der Waals surface area contributed by atoms with Crippen LogP contribution in [0.3, 0.4) is 0 Å². The largest absolute Gasteiger partial charge is 0.383 e. The number of anilines is 2. The lowest BCUT2D eigenvalue weighted by Gasteiger charge is -2.08. The van der Waals surface area contributed by atoms with E-state index >= 15 is 0 Å². The van der Waals surface area contributed by atoms with Crippen LogP contribution in [0.4, 0.5) is 11.8 Å². The summed E-state index contributed by atoms with van der Waals surface area (Å²) in [4.78, 5) is 15.1. The van der Waals surface area contributed by atoms with E-state index < -0.39 is 0 Å². The van der Waals surface area contributed by atoms with Crippen LogP contribution in [0.25, 0.3) is 0 Å². The van der Waals surface area contributed by atoms with Gasteiger partial charge in [-0.3, -0.25) is 9.36 Å². The molecule has 0 aliphatic rings. The van der Waals surface area contributed by atoms with Crippen molar-refractivity contribution < 1.29 is 4.74 Å². The molecule has 1 rings (SSSR count). The van der Waals surface area contributed by atoms with Crippen molar-refractivity contribution in [1.29, 1.82) is 0 Å². The van der Waals surface area contributed by atoms with E-state index in [1.807, 2.05) is 6.92 Å². The average Bonchev–Trinajstić information content (AvgIpc) is 2.09. The summed E-state index contributed by atoms with van der Waals surface area (Å²) >= 11 is 0. The first-order valence-electron chi connectivity index (χ1n) is 4.35. The molecule has 0 aromatic carbocycles. The van der Waals surface area contributed by atoms with E-state index in [1.165, 1.54) is 10.6 Å². The third-order valence-electron chi connectivity index (χ3n) is 1.72. The zero-order valence-electron chi connectivity index (χ0n) is 8.06. The van der Waals surface area contributed by atoms with E-state index in [9.17, 15) is 4.79 Å². The molecule has 0 radical (unpaired) electrons. The summed E-state index contributed by atoms with van der Waals surface area (Å²) in [6.07, 6.45) is 0. The highest BCUT2D eigenvalue weighted by molar-refractivity contribution is 5.33. The van der Waals surface area contributed by atoms with E-state index in [2.05, 4.69) is 4.98 Å². The molecule has 0 aliphatic carbocycles. The molecule has 78 valence electrons. The number of aromatic nitrogens is 2. The highest BCUT2D eigenvalue weighted by atomic mass is 16.5. The molecule has 0 unspecified atom stereocenters. The molecule has 0 fully saturated rings. The standard InChI is InChI=1S/C8H14N4O2/c1-2-14-4-3-12-7(13)5-6(9)11-8(12)10/h5H,2-4,9H2,1H3,(H2,10,11). The number of ether oxygens (including phenoxy) is 1. The van der Waals surface area contributed by atoms with Gasteiger partial charge in [0.15, 0.2) is 0 Å². The molecule has 0 aliphatic heterocycles. The monoisotopic (exact) mass is 198 g/mol. The Balaban J connectivity index is 2.81. The molecule has 0 spiro atoms. The van der Waals surface area contributed by atoms with E-state index in [-0.39, 0.29) is 17.3 Å². The van der Waals surface area contributed by atoms with Crippen molar-refractivity contribution in [1.82, 2.24) is 9.55 Å². The van der Waals surface area contributed by atoms with Crippen LogP contribution in [0, 0.1) is 0 Å². The molecule has 0 saturated heterocycles. The first-order chi connectivity index (χ1) is 6.65. The van der Waals surface area contributed by atoms with E-state index in [0.29, 0.717) is 19.8 Å². The predicted molar refractivity (Wildman–Crippen MR) is 53.8 cm³/mol. The molecule has 1 aromatic heterocycles. The maximum absolute atomic E-state index is 11.4. The second-order valence-electron chi connectivity index (χ2n) is 2.73. The van der Waals surface area contributed by atoms with Crippen LogP contribution in [0.5, 0.6) is 0 Å². The summed E-state index contributed by atoms with van der Waals surface area (Å²) in [5.74, 6) is 0.259. The Labute approximate surface area is 81.5 Å². The smallest absolute Gasteiger partial charge is 0.257 e. The molecule has 0 saturated carbocycles. The lowest BCUT2D eigenvalue weighted by Crippen LogP contribution is -2.26. The van der Waals surface area contributed by atoms with Gasteiger partial charge in [-0.1, -0.05) is 0 Å². The highest BCUT2D eigenvalue weighted by Gasteiger charge is 2.02. The third kappa shape index (κ3) is 2.46. The minimum absolute atomic E-state index is 0.120. The zero-order chi connectivity index (χ0) is 10.6. The molecule has 6 heteroatoms. The summed E-state index contributed by atoms with van der Waals surface area (Å²) in [6, 6.07) is 1.24. The van der Waals surface area contributed by atoms with Gasteiger partial charge in [0, 0.05) is 12.7 Å². The van der Waals surface area contributed by atoms with Crippen LogP contribution in [-0.2, 0) is 11.3 Å². The summed E-state index contributed by atoms with van der Waals surface area (Å²) in [5, 5.41) is 0. The second kappa shape index (κ2) is 4.61. The first kappa shape index (κ1) is 10.5. The van der Waals surface area contributed by atoms with Crippen molar-refractivity contribution in [2.24, 2.45) is 0 Å². The van der Waals surface area contributed by atoms with Gasteiger partial charge in [0.1, 0.15) is 5.82 Å². The highest BCUT2D eigenvalue weighted by Crippen LogP contribution is 1.98. The number of nitrogens with zero attached hydrogens (tertiary/aromatic N) is 2. The topological polar surface area (TPSA) is 96.2 Å². The molecule has 14 heavy (non-hydrogen) atoms. The Morgan fingerprint density at radius 2 is 2.29 bits per heavy atom. The SMILES string of the molecule is CCOCCn1c(N)nc(N)cc1=O. The van der Waals surface area contributed by atoms with Gasteiger partial charge in [-0.15, -0.1) is 0 Å². The maximum atomic E-state index is 11.4. The van der Waals surface area contributed by atoms with Crippen molar-refractivity contribution in [3.05, 3.63) is 16.4 Å². The van der Waals surface area contributed by atoms with Gasteiger partial charge in [-0.25, -0.2) is 0 Å². The van der Waals surface area contributed by atoms with E-state index in [4.69, 9.17) is 16.2 Å². The number of rotatable bonds is 4. The lowest BCUT2D eigenvalue weighted by atomic mass is 10.5. The third-order valence-corrected chi connectivity index (χ3v) is 1.72. The fourth-order valence-corrected chi connectivity index (χ4v) is 1.07. The van der Waals surface area contributed by atoms with Gasteiger partial charge in [0.05, 0.1) is 13.2 Å². The Kier molecular flexibility index (Phi) is 3.47. The van der Waals surface area contributed by atoms with Crippen molar-refractivity contribution in [2.75, 3.05) is 24.7 Å². The average molecular weight is 198 g/mol. The lowest BCUT2D eigenvalue weighted by molar-refractivity contribution is 0.138. The van der Waals surface area contributed by atoms with Gasteiger partial charge in [-0.05, 0) is 6.92 Å². The predicted octanol–water partition coefficient (Wildman–Crippen LogP) is -0.556. The molecule has 0 bridgehead atoms. The first-order valence-corrected chi connectivity index (χ1v) is 4.35. The second-order valence-corrected chi connectivity index (χ2v) is 2.73. The number of hydrogen-bond donors (Lipinski definition) is 2. The number of nitrogens with two attached hydrogens (primary N) is 2. The minimum atomic E-state index is -0.255. The normalized spacial score (nSPS) is 10.4. The molecular weight excluding hydrogens is 184 g/mol. The van der Waals surface area contributed by atoms with Gasteiger partial charge in [0.2, 0.25) is 5.95 Å². The Morgan fingerprint density at radius 3 is 2.86 bits per heavy atom. The van der Waals surface area contributed by atoms with Crippen molar-refractivity contribution >= 4 is 11.8 Å². The van der Waals surface area contributed by atoms with E-state index in [1.54, 1.807) is 0 Å². The Bertz CT molecular complexity index is 361. The zero-order valence-corrected chi connectivity index (χ0v) is 8.06. The van der Waals surface area contributed by atoms with Gasteiger partial charge in [0.25, 0.3) is 5.56 Å². The van der Waals surface area contributed by atoms with Gasteiger partial charge < -0.3 is 16.2 Å². The molecule has 1 heterocycles. The van der Waals surface area contributed by atoms with E-state index in [0.717, 1.165) is 0 Å². The van der Waals surface area contributed by atoms with Gasteiger partial charge >= 0.3 is 0 Å². The van der Waals surface area contributed by atoms with Crippen molar-refractivity contribution in [2.45, 2.75) is 13.5 Å². The molecular formula is C8H14N4O2. The summed E-state index contributed by atoms with van der Waals surface area (Å²) in [6.45, 7) is 3.32. The molecule has 6 nitrogen and oxygen atoms in total. The van der Waals surface area contributed by atoms with Crippen molar-refractivity contribution in [3.8, 4) is 0 Å². The molecule has 0 amide bonds. The van der Waals surface area contributed by atoms with Crippen LogP contribution in [0.15, 0.2) is 10.9 Å². The van der Waals surface area contributed by atoms with Crippen LogP contribution >= 0.6 is 0 Å². The quantitative estimate of drug-likeness (QED) is 0.632. The number of hydrogen-bond acceptors (Lipinski definition) is 5. The maximum Gasteiger partial charge on any atom is 0.257 e. The Morgan fingerprint density at radius 1 is 1.57 bits per heavy atom. The molecule has 4 N–H and O–H groups in total. The fourth-order valence-electron chi connectivity index (χ4n) is 1.07. The summed E-state index contributed by atoms with van der Waals surface area (Å²) < 4.78 is 6.43. The number of nitrogen functional groups attached to an aromatic ring is 2. The summed E-state index contributed by atoms with van der Waals surface area (Å²) in [7, 11) is 0. The van der Waals surface area contributed by atoms with Crippen LogP contribution in [-0.4, -0.2) is 22.8 Å². The Hall–Kier alpha value is -1.56. The molecule has 0 atom stereocenters.